The third kappa shape index (κ3) is 2.95. The van der Waals surface area contributed by atoms with Crippen molar-refractivity contribution in [3.8, 4) is 0 Å². The number of hydrogen-bond donors (Lipinski definition) is 0. The van der Waals surface area contributed by atoms with Gasteiger partial charge in [0.25, 0.3) is 0 Å². The highest BCUT2D eigenvalue weighted by molar-refractivity contribution is 5.70. The Hall–Kier alpha value is -0.570. The van der Waals surface area contributed by atoms with Crippen molar-refractivity contribution in [2.45, 2.75) is 84.2 Å². The second-order valence-electron chi connectivity index (χ2n) is 10.0. The molecule has 0 amide bonds. The van der Waals surface area contributed by atoms with E-state index in [1.165, 1.54) is 58.5 Å². The van der Waals surface area contributed by atoms with Gasteiger partial charge in [0.1, 0.15) is 6.61 Å². The topological polar surface area (TPSA) is 35.5 Å². The lowest BCUT2D eigenvalue weighted by molar-refractivity contribution is -0.155. The molecule has 0 aliphatic heterocycles. The van der Waals surface area contributed by atoms with E-state index in [9.17, 15) is 4.79 Å². The summed E-state index contributed by atoms with van der Waals surface area (Å²) in [5.41, 5.74) is 1.17. The molecule has 4 fully saturated rings. The highest BCUT2D eigenvalue weighted by atomic mass is 16.6. The summed E-state index contributed by atoms with van der Waals surface area (Å²) < 4.78 is 10.6. The quantitative estimate of drug-likeness (QED) is 0.675. The zero-order chi connectivity index (χ0) is 17.7. The van der Waals surface area contributed by atoms with E-state index in [-0.39, 0.29) is 18.7 Å². The van der Waals surface area contributed by atoms with E-state index in [0.717, 1.165) is 36.5 Å². The van der Waals surface area contributed by atoms with Crippen LogP contribution in [0.25, 0.3) is 0 Å². The number of carbonyl (C=O) groups excluding carboxylic acids is 1. The van der Waals surface area contributed by atoms with Gasteiger partial charge in [-0.3, -0.25) is 0 Å². The summed E-state index contributed by atoms with van der Waals surface area (Å²) in [6.07, 6.45) is 14.0. The first-order chi connectivity index (χ1) is 12.0. The first kappa shape index (κ1) is 17.8. The fraction of sp³-hybridized carbons (Fsp3) is 0.955. The van der Waals surface area contributed by atoms with Crippen molar-refractivity contribution in [2.24, 2.45) is 34.5 Å². The SMILES string of the molecule is COC(=O)COC1CCC2(C)C(CCC3C4CCCC4(C)CCC32)C1. The maximum absolute atomic E-state index is 11.4. The first-order valence-electron chi connectivity index (χ1n) is 10.6. The van der Waals surface area contributed by atoms with Gasteiger partial charge in [0.05, 0.1) is 13.2 Å². The summed E-state index contributed by atoms with van der Waals surface area (Å²) in [5, 5.41) is 0. The predicted octanol–water partition coefficient (Wildman–Crippen LogP) is 4.98. The number of fused-ring (bicyclic) bond motifs is 5. The number of ether oxygens (including phenoxy) is 2. The smallest absolute Gasteiger partial charge is 0.331 e. The predicted molar refractivity (Wildman–Crippen MR) is 98.1 cm³/mol. The lowest BCUT2D eigenvalue weighted by Gasteiger charge is -2.60. The molecule has 0 aromatic carbocycles. The third-order valence-electron chi connectivity index (χ3n) is 9.06. The zero-order valence-corrected chi connectivity index (χ0v) is 16.4. The summed E-state index contributed by atoms with van der Waals surface area (Å²) in [7, 11) is 1.44. The van der Waals surface area contributed by atoms with Crippen molar-refractivity contribution >= 4 is 5.97 Å². The maximum Gasteiger partial charge on any atom is 0.331 e. The van der Waals surface area contributed by atoms with Crippen LogP contribution >= 0.6 is 0 Å². The largest absolute Gasteiger partial charge is 0.467 e. The molecule has 142 valence electrons. The summed E-state index contributed by atoms with van der Waals surface area (Å²) in [4.78, 5) is 11.4. The average Bonchev–Trinajstić information content (AvgIpc) is 3.01. The van der Waals surface area contributed by atoms with E-state index >= 15 is 0 Å². The standard InChI is InChI=1S/C22H36O3/c1-21-10-4-5-18(21)17-7-6-15-13-16(25-14-20(23)24-3)8-12-22(15,2)19(17)9-11-21/h15-19H,4-14H2,1-3H3. The molecule has 0 N–H and O–H groups in total. The van der Waals surface area contributed by atoms with E-state index in [0.29, 0.717) is 10.8 Å². The molecule has 0 heterocycles. The van der Waals surface area contributed by atoms with Crippen molar-refractivity contribution in [1.82, 2.24) is 0 Å². The molecule has 0 radical (unpaired) electrons. The molecular formula is C22H36O3. The molecule has 0 bridgehead atoms. The monoisotopic (exact) mass is 348 g/mol. The van der Waals surface area contributed by atoms with E-state index in [2.05, 4.69) is 13.8 Å². The molecule has 0 saturated heterocycles. The molecule has 4 rings (SSSR count). The van der Waals surface area contributed by atoms with Crippen LogP contribution in [-0.2, 0) is 14.3 Å². The number of carbonyl (C=O) groups is 1. The molecule has 4 saturated carbocycles. The maximum atomic E-state index is 11.4. The Morgan fingerprint density at radius 2 is 1.84 bits per heavy atom. The molecular weight excluding hydrogens is 312 g/mol. The Morgan fingerprint density at radius 3 is 2.64 bits per heavy atom. The number of methoxy groups -OCH3 is 1. The fourth-order valence-corrected chi connectivity index (χ4v) is 7.61. The van der Waals surface area contributed by atoms with Crippen LogP contribution in [0, 0.1) is 34.5 Å². The summed E-state index contributed by atoms with van der Waals surface area (Å²) in [6, 6.07) is 0. The molecule has 0 aromatic heterocycles. The van der Waals surface area contributed by atoms with Crippen LogP contribution in [0.5, 0.6) is 0 Å². The molecule has 25 heavy (non-hydrogen) atoms. The van der Waals surface area contributed by atoms with Gasteiger partial charge in [-0.25, -0.2) is 4.79 Å². The Labute approximate surface area is 153 Å². The van der Waals surface area contributed by atoms with Gasteiger partial charge >= 0.3 is 5.97 Å². The van der Waals surface area contributed by atoms with Crippen molar-refractivity contribution in [2.75, 3.05) is 13.7 Å². The Balaban J connectivity index is 1.44. The van der Waals surface area contributed by atoms with Gasteiger partial charge in [-0.1, -0.05) is 20.3 Å². The lowest BCUT2D eigenvalue weighted by atomic mass is 9.45. The van der Waals surface area contributed by atoms with Crippen LogP contribution in [0.4, 0.5) is 0 Å². The molecule has 0 spiro atoms. The van der Waals surface area contributed by atoms with Gasteiger partial charge in [0.2, 0.25) is 0 Å². The fourth-order valence-electron chi connectivity index (χ4n) is 7.61. The third-order valence-corrected chi connectivity index (χ3v) is 9.06. The van der Waals surface area contributed by atoms with Crippen LogP contribution in [0.3, 0.4) is 0 Å². The zero-order valence-electron chi connectivity index (χ0n) is 16.4. The van der Waals surface area contributed by atoms with Gasteiger partial charge in [-0.2, -0.15) is 0 Å². The molecule has 7 atom stereocenters. The summed E-state index contributed by atoms with van der Waals surface area (Å²) in [6.45, 7) is 5.31. The van der Waals surface area contributed by atoms with Crippen molar-refractivity contribution in [1.29, 1.82) is 0 Å². The van der Waals surface area contributed by atoms with Gasteiger partial charge in [0, 0.05) is 0 Å². The second kappa shape index (κ2) is 6.55. The second-order valence-corrected chi connectivity index (χ2v) is 10.0. The summed E-state index contributed by atoms with van der Waals surface area (Å²) in [5.74, 6) is 3.46. The number of esters is 1. The minimum absolute atomic E-state index is 0.122. The van der Waals surface area contributed by atoms with Crippen LogP contribution < -0.4 is 0 Å². The van der Waals surface area contributed by atoms with Gasteiger partial charge < -0.3 is 9.47 Å². The normalized spacial score (nSPS) is 49.0. The summed E-state index contributed by atoms with van der Waals surface area (Å²) >= 11 is 0. The highest BCUT2D eigenvalue weighted by Gasteiger charge is 2.57. The van der Waals surface area contributed by atoms with Crippen LogP contribution in [0.1, 0.15) is 78.1 Å². The molecule has 3 heteroatoms. The minimum atomic E-state index is -0.246. The van der Waals surface area contributed by atoms with Crippen LogP contribution in [-0.4, -0.2) is 25.8 Å². The average molecular weight is 349 g/mol. The molecule has 4 aliphatic rings. The van der Waals surface area contributed by atoms with Crippen LogP contribution in [0.15, 0.2) is 0 Å². The molecule has 0 aromatic rings. The van der Waals surface area contributed by atoms with E-state index < -0.39 is 0 Å². The van der Waals surface area contributed by atoms with Crippen LogP contribution in [0.2, 0.25) is 0 Å². The van der Waals surface area contributed by atoms with Crippen molar-refractivity contribution in [3.63, 3.8) is 0 Å². The van der Waals surface area contributed by atoms with E-state index in [4.69, 9.17) is 9.47 Å². The highest BCUT2D eigenvalue weighted by Crippen LogP contribution is 2.66. The van der Waals surface area contributed by atoms with Gasteiger partial charge in [0.15, 0.2) is 0 Å². The Kier molecular flexibility index (Phi) is 4.67. The first-order valence-corrected chi connectivity index (χ1v) is 10.6. The van der Waals surface area contributed by atoms with Crippen molar-refractivity contribution in [3.05, 3.63) is 0 Å². The van der Waals surface area contributed by atoms with Gasteiger partial charge in [-0.05, 0) is 92.3 Å². The van der Waals surface area contributed by atoms with Crippen molar-refractivity contribution < 1.29 is 14.3 Å². The Bertz CT molecular complexity index is 517. The Morgan fingerprint density at radius 1 is 1.00 bits per heavy atom. The van der Waals surface area contributed by atoms with Gasteiger partial charge in [-0.15, -0.1) is 0 Å². The lowest BCUT2D eigenvalue weighted by Crippen LogP contribution is -2.53. The molecule has 4 aliphatic carbocycles. The number of rotatable bonds is 3. The molecule has 3 nitrogen and oxygen atoms in total. The number of hydrogen-bond acceptors (Lipinski definition) is 3. The molecule has 7 unspecified atom stereocenters. The minimum Gasteiger partial charge on any atom is -0.467 e. The van der Waals surface area contributed by atoms with E-state index in [1.54, 1.807) is 0 Å². The van der Waals surface area contributed by atoms with E-state index in [1.807, 2.05) is 0 Å².